The number of aromatic nitrogens is 3. The third-order valence-electron chi connectivity index (χ3n) is 22.0. The molecule has 0 radical (unpaired) electrons. The summed E-state index contributed by atoms with van der Waals surface area (Å²) in [4.78, 5) is 152. The van der Waals surface area contributed by atoms with Gasteiger partial charge in [0, 0.05) is 109 Å². The van der Waals surface area contributed by atoms with Crippen LogP contribution in [0.2, 0.25) is 0 Å². The molecule has 7 amide bonds. The first-order valence-electron chi connectivity index (χ1n) is 38.0. The summed E-state index contributed by atoms with van der Waals surface area (Å²) in [5, 5.41) is 28.5. The number of H-pyrrole nitrogens is 3. The van der Waals surface area contributed by atoms with E-state index in [-0.39, 0.29) is 79.5 Å². The van der Waals surface area contributed by atoms with Gasteiger partial charge in [-0.1, -0.05) is 72.8 Å². The Morgan fingerprint density at radius 2 is 0.789 bits per heavy atom. The number of methoxy groups -OCH3 is 4. The fraction of sp³-hybridized carbons (Fsp3) is 0.365. The molecule has 6 aliphatic heterocycles. The molecular weight excluding hydrogens is 1460 g/mol. The number of esters is 1. The zero-order valence-corrected chi connectivity index (χ0v) is 63.3. The molecule has 0 saturated carbocycles. The van der Waals surface area contributed by atoms with Crippen molar-refractivity contribution in [1.82, 2.24) is 46.9 Å². The number of aromatic amines is 3. The average Bonchev–Trinajstić information content (AvgIpc) is 1.66. The number of nitrogens with one attached hydrogen (secondary N) is 9. The number of amides is 7. The van der Waals surface area contributed by atoms with Crippen LogP contribution < -0.4 is 66.1 Å². The highest BCUT2D eigenvalue weighted by atomic mass is 16.5. The highest BCUT2D eigenvalue weighted by molar-refractivity contribution is 6.05. The predicted octanol–water partition coefficient (Wildman–Crippen LogP) is 7.32. The van der Waals surface area contributed by atoms with E-state index in [0.717, 1.165) is 49.4 Å². The van der Waals surface area contributed by atoms with Crippen molar-refractivity contribution in [3.8, 4) is 40.6 Å². The molecule has 114 heavy (non-hydrogen) atoms. The quantitative estimate of drug-likeness (QED) is 0.0162. The monoisotopic (exact) mass is 1550 g/mol. The number of benzene rings is 6. The number of ether oxygens (including phenoxy) is 7. The second kappa shape index (κ2) is 35.6. The average molecular weight is 1550 g/mol. The molecule has 0 unspecified atom stereocenters. The van der Waals surface area contributed by atoms with Crippen molar-refractivity contribution in [2.45, 2.75) is 113 Å². The van der Waals surface area contributed by atoms with Gasteiger partial charge < -0.3 is 85.7 Å². The van der Waals surface area contributed by atoms with Crippen molar-refractivity contribution in [3.63, 3.8) is 0 Å². The summed E-state index contributed by atoms with van der Waals surface area (Å²) in [6.45, 7) is 1.60. The lowest BCUT2D eigenvalue weighted by molar-refractivity contribution is -0.146. The van der Waals surface area contributed by atoms with Crippen molar-refractivity contribution < 1.29 is 85.9 Å². The Morgan fingerprint density at radius 3 is 1.11 bits per heavy atom. The van der Waals surface area contributed by atoms with E-state index in [1.54, 1.807) is 45.6 Å². The number of nitriles is 1. The van der Waals surface area contributed by atoms with Crippen LogP contribution in [0.5, 0.6) is 34.5 Å². The number of nitrogens with two attached hydrogens (primary N) is 1. The summed E-state index contributed by atoms with van der Waals surface area (Å²) in [6, 6.07) is 43.3. The van der Waals surface area contributed by atoms with E-state index in [1.165, 1.54) is 7.11 Å². The van der Waals surface area contributed by atoms with E-state index < -0.39 is 95.6 Å². The second-order valence-electron chi connectivity index (χ2n) is 29.2. The normalized spacial score (nSPS) is 19.7. The van der Waals surface area contributed by atoms with Crippen LogP contribution in [-0.4, -0.2) is 164 Å². The van der Waals surface area contributed by atoms with Crippen LogP contribution in [0.1, 0.15) is 106 Å². The maximum absolute atomic E-state index is 13.7. The topological polar surface area (TPSA) is 422 Å². The zero-order valence-electron chi connectivity index (χ0n) is 63.3. The first kappa shape index (κ1) is 79.1. The molecule has 29 nitrogen and oxygen atoms in total. The molecule has 3 saturated heterocycles. The Bertz CT molecular complexity index is 5140. The van der Waals surface area contributed by atoms with Gasteiger partial charge in [-0.3, -0.25) is 47.9 Å². The molecule has 0 bridgehead atoms. The van der Waals surface area contributed by atoms with E-state index in [0.29, 0.717) is 110 Å². The van der Waals surface area contributed by atoms with E-state index in [2.05, 4.69) is 52.9 Å². The van der Waals surface area contributed by atoms with Crippen LogP contribution in [0.3, 0.4) is 0 Å². The van der Waals surface area contributed by atoms with Gasteiger partial charge in [0.2, 0.25) is 41.4 Å². The summed E-state index contributed by atoms with van der Waals surface area (Å²) < 4.78 is 39.4. The van der Waals surface area contributed by atoms with Crippen LogP contribution in [0.25, 0.3) is 32.7 Å². The number of ketones is 3. The van der Waals surface area contributed by atoms with Gasteiger partial charge in [-0.15, -0.1) is 0 Å². The smallest absolute Gasteiger partial charge is 0.328 e. The highest BCUT2D eigenvalue weighted by Crippen LogP contribution is 2.39. The number of carbonyl (C=O) groups excluding carboxylic acids is 11. The number of nitrogens with zero attached hydrogens (tertiary/aromatic N) is 1. The van der Waals surface area contributed by atoms with E-state index in [4.69, 9.17) is 38.9 Å². The predicted molar refractivity (Wildman–Crippen MR) is 415 cm³/mol. The van der Waals surface area contributed by atoms with Crippen molar-refractivity contribution in [3.05, 3.63) is 179 Å². The standard InChI is InChI=1S/C29H31N3O7.C28H30N4O6.C28H28N4O5/c1-37-25-9-5-7-20-18(25)14-21(31-20)23(33)15-19(26-13-16-6-3-4-8-24(16)39-26)28(35)32-22(29(36)38-2)12-17-10-11-30-27(17)34;1-37-24-8-4-6-19-17(24)13-20(31-19)22(33)14-18(25-12-15-5-2-3-7-23(15)38-25)28(36)32-21(26(29)34)11-16-9-10-30-27(16)35;1-36-25-8-4-6-21-19(25)13-22(32-21)23(33)14-20(26-12-16-5-2-3-7-24(16)37-26)28(35)31-18(15-29)11-17-9-10-30-27(17)34/h3-9,14,17,19,22,26,31H,10-13,15H2,1-2H3,(H,30,34)(H,32,35);2-8,13,16,18,21,25,31H,9-12,14H2,1H3,(H2,29,34)(H,30,35)(H,32,36);2-8,13,17-18,20,26,32H,9-12,14H2,1H3,(H,30,34)(H,31,35)/t17-,19-,22-,26-;16-,18-,21-,25-;17-,18-,20-,26-/m000/s1. The van der Waals surface area contributed by atoms with Crippen LogP contribution in [0.15, 0.2) is 146 Å². The molecule has 3 aromatic heterocycles. The van der Waals surface area contributed by atoms with Crippen molar-refractivity contribution in [1.29, 1.82) is 5.26 Å². The van der Waals surface area contributed by atoms with Gasteiger partial charge >= 0.3 is 5.97 Å². The molecule has 29 heteroatoms. The highest BCUT2D eigenvalue weighted by Gasteiger charge is 2.44. The van der Waals surface area contributed by atoms with Gasteiger partial charge in [-0.2, -0.15) is 5.26 Å². The third kappa shape index (κ3) is 18.0. The van der Waals surface area contributed by atoms with E-state index >= 15 is 0 Å². The molecule has 0 aliphatic carbocycles. The van der Waals surface area contributed by atoms with Gasteiger partial charge in [-0.05, 0) is 128 Å². The number of rotatable bonds is 29. The number of carbonyl (C=O) groups is 11. The Kier molecular flexibility index (Phi) is 24.7. The summed E-state index contributed by atoms with van der Waals surface area (Å²) >= 11 is 0. The molecule has 9 heterocycles. The van der Waals surface area contributed by atoms with Crippen LogP contribution >= 0.6 is 0 Å². The fourth-order valence-electron chi connectivity index (χ4n) is 15.8. The second-order valence-corrected chi connectivity index (χ2v) is 29.2. The Labute approximate surface area is 655 Å². The van der Waals surface area contributed by atoms with Crippen LogP contribution in [-0.2, 0) is 62.4 Å². The molecule has 15 rings (SSSR count). The van der Waals surface area contributed by atoms with Gasteiger partial charge in [0.05, 0.1) is 69.3 Å². The summed E-state index contributed by atoms with van der Waals surface area (Å²) in [7, 11) is 5.92. The lowest BCUT2D eigenvalue weighted by Crippen LogP contribution is -2.50. The summed E-state index contributed by atoms with van der Waals surface area (Å²) in [5.41, 5.74) is 11.7. The Hall–Kier alpha value is -13.0. The van der Waals surface area contributed by atoms with E-state index in [9.17, 15) is 58.0 Å². The van der Waals surface area contributed by atoms with Gasteiger partial charge in [0.25, 0.3) is 0 Å². The molecule has 12 atom stereocenters. The fourth-order valence-corrected chi connectivity index (χ4v) is 15.8. The number of hydrogen-bond donors (Lipinski definition) is 10. The maximum Gasteiger partial charge on any atom is 0.328 e. The minimum absolute atomic E-state index is 0.0983. The SMILES string of the molecule is COC(=O)[C@H](C[C@@H]1CCNC1=O)NC(=O)[C@@H](CC(=O)c1cc2c(OC)cccc2[nH]1)[C@@H]1Cc2ccccc2O1.COc1cccc2[nH]c(C(=O)C[C@H](C(=O)N[C@@H](C[C@@H]3CCNC3=O)C(N)=O)[C@@H]3Cc4ccccc4O3)cc12.COc1cccc2[nH]c(C(=O)C[C@H](C(=O)N[C@H](C#N)C[C@@H]3CCNC3=O)[C@@H]3Cc4ccccc4O3)cc12. The molecule has 6 aliphatic rings. The molecule has 11 N–H and O–H groups in total. The first-order chi connectivity index (χ1) is 55.2. The van der Waals surface area contributed by atoms with Crippen molar-refractivity contribution in [2.75, 3.05) is 48.1 Å². The van der Waals surface area contributed by atoms with Crippen molar-refractivity contribution in [2.24, 2.45) is 41.2 Å². The molecular formula is C85H89N11O18. The number of Topliss-reactive ketones (excluding diaryl/α,β-unsaturated/α-hetero) is 3. The maximum atomic E-state index is 13.7. The van der Waals surface area contributed by atoms with Crippen LogP contribution in [0.4, 0.5) is 0 Å². The van der Waals surface area contributed by atoms with Gasteiger partial charge in [0.15, 0.2) is 17.3 Å². The van der Waals surface area contributed by atoms with Crippen molar-refractivity contribution >= 4 is 97.4 Å². The first-order valence-corrected chi connectivity index (χ1v) is 38.0. The molecule has 0 spiro atoms. The summed E-state index contributed by atoms with van der Waals surface area (Å²) in [5.74, 6) is -3.97. The zero-order chi connectivity index (χ0) is 80.3. The molecule has 9 aromatic rings. The molecule has 6 aromatic carbocycles. The number of para-hydroxylation sites is 3. The molecule has 592 valence electrons. The summed E-state index contributed by atoms with van der Waals surface area (Å²) in [6.07, 6.45) is 1.33. The number of hydrogen-bond acceptors (Lipinski definition) is 19. The number of primary amides is 1. The molecule has 3 fully saturated rings. The van der Waals surface area contributed by atoms with Gasteiger partial charge in [0.1, 0.15) is 70.9 Å². The lowest BCUT2D eigenvalue weighted by Gasteiger charge is -2.25. The largest absolute Gasteiger partial charge is 0.496 e. The van der Waals surface area contributed by atoms with Gasteiger partial charge in [-0.25, -0.2) is 4.79 Å². The number of fused-ring (bicyclic) bond motifs is 6. The lowest BCUT2D eigenvalue weighted by atomic mass is 9.90. The minimum Gasteiger partial charge on any atom is -0.496 e. The Morgan fingerprint density at radius 1 is 0.456 bits per heavy atom. The van der Waals surface area contributed by atoms with Crippen LogP contribution in [0, 0.1) is 46.8 Å². The Balaban J connectivity index is 0.000000149. The third-order valence-corrected chi connectivity index (χ3v) is 22.0. The minimum atomic E-state index is -1.05. The van der Waals surface area contributed by atoms with E-state index in [1.807, 2.05) is 121 Å².